The second-order valence-corrected chi connectivity index (χ2v) is 43.1. The van der Waals surface area contributed by atoms with E-state index in [1.54, 1.807) is 0 Å². The molecule has 0 saturated carbocycles. The summed E-state index contributed by atoms with van der Waals surface area (Å²) >= 11 is 29.1. The minimum Gasteiger partial charge on any atom is -0.342 e. The number of fused-ring (bicyclic) bond motifs is 3. The summed E-state index contributed by atoms with van der Waals surface area (Å²) in [7, 11) is 4.73. The van der Waals surface area contributed by atoms with Crippen molar-refractivity contribution in [1.82, 2.24) is 9.13 Å². The summed E-state index contributed by atoms with van der Waals surface area (Å²) in [5.74, 6) is 7.05. The molecule has 9 aromatic rings. The molecule has 16 heteroatoms. The van der Waals surface area contributed by atoms with Crippen molar-refractivity contribution < 1.29 is 0 Å². The zero-order chi connectivity index (χ0) is 71.7. The molecule has 9 rings (SSSR count). The molecule has 0 radical (unpaired) electrons. The Morgan fingerprint density at radius 1 is 0.265 bits per heavy atom. The molecule has 1 aromatic carbocycles. The van der Waals surface area contributed by atoms with E-state index in [9.17, 15) is 0 Å². The molecule has 0 saturated heterocycles. The number of rotatable bonds is 56. The predicted molar refractivity (Wildman–Crippen MR) is 487 cm³/mol. The van der Waals surface area contributed by atoms with E-state index in [0.29, 0.717) is 0 Å². The molecule has 0 aliphatic carbocycles. The van der Waals surface area contributed by atoms with Crippen molar-refractivity contribution in [2.24, 2.45) is 14.1 Å². The van der Waals surface area contributed by atoms with Crippen molar-refractivity contribution in [2.75, 3.05) is 47.0 Å². The van der Waals surface area contributed by atoms with Crippen LogP contribution in [0.3, 0.4) is 0 Å². The minimum atomic E-state index is 1.16. The van der Waals surface area contributed by atoms with E-state index in [1.165, 1.54) is 374 Å². The lowest BCUT2D eigenvalue weighted by Gasteiger charge is -2.10. The van der Waals surface area contributed by atoms with Crippen molar-refractivity contribution in [3.63, 3.8) is 0 Å². The van der Waals surface area contributed by atoms with Crippen LogP contribution in [0.1, 0.15) is 273 Å². The number of thiophene rings is 6. The van der Waals surface area contributed by atoms with Crippen molar-refractivity contribution in [1.29, 1.82) is 0 Å². The fourth-order valence-corrected chi connectivity index (χ4v) is 30.7. The average molecular weight is 1630 g/mol. The van der Waals surface area contributed by atoms with E-state index in [0.717, 1.165) is 11.5 Å². The van der Waals surface area contributed by atoms with E-state index in [-0.39, 0.29) is 0 Å². The number of aromatic nitrogens is 2. The molecular formula is C86H124N2S14. The molecule has 8 aromatic heterocycles. The zero-order valence-corrected chi connectivity index (χ0v) is 75.5. The van der Waals surface area contributed by atoms with Crippen LogP contribution in [0, 0.1) is 0 Å². The van der Waals surface area contributed by atoms with Crippen LogP contribution in [0.5, 0.6) is 0 Å². The molecular weight excluding hydrogens is 1510 g/mol. The Morgan fingerprint density at radius 2 is 0.510 bits per heavy atom. The van der Waals surface area contributed by atoms with Crippen LogP contribution in [0.15, 0.2) is 98.5 Å². The highest BCUT2D eigenvalue weighted by Gasteiger charge is 2.28. The van der Waals surface area contributed by atoms with E-state index in [1.807, 2.05) is 46.2 Å². The molecule has 0 unspecified atom stereocenters. The van der Waals surface area contributed by atoms with Crippen LogP contribution in [-0.2, 0) is 14.1 Å². The molecule has 0 fully saturated rings. The van der Waals surface area contributed by atoms with E-state index in [4.69, 9.17) is 0 Å². The van der Waals surface area contributed by atoms with Crippen molar-refractivity contribution in [3.8, 4) is 61.8 Å². The van der Waals surface area contributed by atoms with Gasteiger partial charge in [0.2, 0.25) is 0 Å². The first kappa shape index (κ1) is 85.3. The number of benzene rings is 1. The van der Waals surface area contributed by atoms with Crippen molar-refractivity contribution >= 4 is 182 Å². The van der Waals surface area contributed by atoms with Crippen LogP contribution >= 0.6 is 162 Å². The highest BCUT2D eigenvalue weighted by molar-refractivity contribution is 8.02. The molecule has 0 aliphatic rings. The Kier molecular flexibility index (Phi) is 40.3. The van der Waals surface area contributed by atoms with Crippen molar-refractivity contribution in [3.05, 3.63) is 60.7 Å². The third kappa shape index (κ3) is 24.9. The fraction of sp³-hybridized carbons (Fsp3) is 0.605. The quantitative estimate of drug-likeness (QED) is 0.0272. The first-order chi connectivity index (χ1) is 50.2. The normalized spacial score (nSPS) is 12.0. The second kappa shape index (κ2) is 48.2. The molecule has 0 N–H and O–H groups in total. The molecule has 0 amide bonds. The summed E-state index contributed by atoms with van der Waals surface area (Å²) in [6, 6.07) is 25.4. The Balaban J connectivity index is 1.14. The van der Waals surface area contributed by atoms with Gasteiger partial charge in [-0.2, -0.15) is 0 Å². The van der Waals surface area contributed by atoms with Gasteiger partial charge in [0.25, 0.3) is 0 Å². The third-order valence-corrected chi connectivity index (χ3v) is 37.1. The molecule has 0 atom stereocenters. The van der Waals surface area contributed by atoms with Crippen LogP contribution in [0.4, 0.5) is 0 Å². The van der Waals surface area contributed by atoms with E-state index in [2.05, 4.69) is 254 Å². The minimum absolute atomic E-state index is 1.16. The van der Waals surface area contributed by atoms with E-state index >= 15 is 0 Å². The largest absolute Gasteiger partial charge is 0.342 e. The molecule has 102 heavy (non-hydrogen) atoms. The first-order valence-corrected chi connectivity index (χ1v) is 53.2. The van der Waals surface area contributed by atoms with Gasteiger partial charge in [0.1, 0.15) is 0 Å². The number of hydrogen-bond donors (Lipinski definition) is 0. The average Bonchev–Trinajstić information content (AvgIpc) is 1.58. The molecule has 562 valence electrons. The summed E-state index contributed by atoms with van der Waals surface area (Å²) in [6.07, 6.45) is 52.5. The number of nitrogens with zero attached hydrogens (tertiary/aromatic N) is 2. The standard InChI is InChI=1S/C86H124N2S14/c1-11-17-23-29-35-41-53-91-69-59-73(97-81(69)65-49-51-67(87(65)7)83-71(61-75(89-9)99-83)93-55-43-37-31-25-19-13-3)85-77(95-57-45-39-33-27-21-15-5)63-47-48-64-78(96-58-46-40-34-28-22-16-6)86(102-80(64)79(63)101-85)74-60-70(92-54-42-36-30-24-18-12-2)82(98-74)66-50-52-68(88(66)8)84-72(62-76(90-10)100-84)94-56-44-38-32-26-20-14-4/h47-52,59-62H,11-46,53-58H2,1-10H3. The number of thioether (sulfide) groups is 8. The smallest absolute Gasteiger partial charge is 0.0655 e. The fourth-order valence-electron chi connectivity index (χ4n) is 13.6. The molecule has 2 nitrogen and oxygen atoms in total. The van der Waals surface area contributed by atoms with Crippen LogP contribution in [0.2, 0.25) is 0 Å². The highest BCUT2D eigenvalue weighted by Crippen LogP contribution is 2.58. The van der Waals surface area contributed by atoms with Gasteiger partial charge in [0.05, 0.1) is 69.9 Å². The SMILES string of the molecule is CCCCCCCCSc1cc(SC)sc1-c1ccc(-c2sc(-c3sc4c(ccc5c(SCCCCCCCC)c(-c6cc(SCCCCCCCC)c(-c7ccc(-c8sc(SC)cc8SCCCCCCCC)n7C)s6)sc54)c3SCCCCCCCC)cc2SCCCCCCCC)n1C. The summed E-state index contributed by atoms with van der Waals surface area (Å²) in [5, 5.41) is 2.95. The second-order valence-electron chi connectivity index (χ2n) is 27.9. The Labute approximate surface area is 678 Å². The number of unbranched alkanes of at least 4 members (excludes halogenated alkanes) is 30. The number of hydrogen-bond acceptors (Lipinski definition) is 14. The van der Waals surface area contributed by atoms with Gasteiger partial charge in [-0.15, -0.1) is 162 Å². The lowest BCUT2D eigenvalue weighted by molar-refractivity contribution is 0.627. The van der Waals surface area contributed by atoms with Gasteiger partial charge in [-0.25, -0.2) is 0 Å². The summed E-state index contributed by atoms with van der Waals surface area (Å²) < 4.78 is 11.0. The topological polar surface area (TPSA) is 9.86 Å². The summed E-state index contributed by atoms with van der Waals surface area (Å²) in [6.45, 7) is 14.0. The molecule has 8 heterocycles. The molecule has 0 spiro atoms. The summed E-state index contributed by atoms with van der Waals surface area (Å²) in [4.78, 5) is 20.6. The van der Waals surface area contributed by atoms with Gasteiger partial charge in [-0.3, -0.25) is 0 Å². The maximum Gasteiger partial charge on any atom is 0.0655 e. The van der Waals surface area contributed by atoms with Gasteiger partial charge >= 0.3 is 0 Å². The monoisotopic (exact) mass is 1630 g/mol. The molecule has 0 aliphatic heterocycles. The van der Waals surface area contributed by atoms with Gasteiger partial charge in [0.15, 0.2) is 0 Å². The van der Waals surface area contributed by atoms with Gasteiger partial charge in [-0.05, 0) is 134 Å². The Hall–Kier alpha value is -0.700. The predicted octanol–water partition coefficient (Wildman–Crippen LogP) is 35.2. The van der Waals surface area contributed by atoms with Crippen LogP contribution < -0.4 is 0 Å². The van der Waals surface area contributed by atoms with Gasteiger partial charge in [-0.1, -0.05) is 246 Å². The zero-order valence-electron chi connectivity index (χ0n) is 64.1. The maximum absolute atomic E-state index is 2.66. The third-order valence-electron chi connectivity index (χ3n) is 19.7. The van der Waals surface area contributed by atoms with E-state index < -0.39 is 0 Å². The first-order valence-electron chi connectivity index (χ1n) is 40.0. The van der Waals surface area contributed by atoms with Crippen LogP contribution in [-0.4, -0.2) is 56.2 Å². The Morgan fingerprint density at radius 3 is 0.784 bits per heavy atom. The lowest BCUT2D eigenvalue weighted by atomic mass is 10.1. The summed E-state index contributed by atoms with van der Waals surface area (Å²) in [5.41, 5.74) is 5.45. The molecule has 0 bridgehead atoms. The maximum atomic E-state index is 2.66. The van der Waals surface area contributed by atoms with Crippen molar-refractivity contribution in [2.45, 2.75) is 310 Å². The Bertz CT molecular complexity index is 3570. The van der Waals surface area contributed by atoms with Crippen LogP contribution in [0.25, 0.3) is 82.0 Å². The lowest BCUT2D eigenvalue weighted by Crippen LogP contribution is -1.94. The highest BCUT2D eigenvalue weighted by atomic mass is 32.2. The van der Waals surface area contributed by atoms with Gasteiger partial charge < -0.3 is 9.13 Å². The van der Waals surface area contributed by atoms with Gasteiger partial charge in [0, 0.05) is 64.0 Å².